The minimum atomic E-state index is -1.31. The number of aliphatic carboxylic acids is 1. The summed E-state index contributed by atoms with van der Waals surface area (Å²) in [4.78, 5) is 44.5. The summed E-state index contributed by atoms with van der Waals surface area (Å²) in [5.41, 5.74) is 0. The molecule has 0 aliphatic heterocycles. The predicted molar refractivity (Wildman–Crippen MR) is 59.6 cm³/mol. The average Bonchev–Trinajstić information content (AvgIpc) is 2.26. The fourth-order valence-electron chi connectivity index (χ4n) is 0.862. The van der Waals surface area contributed by atoms with Crippen LogP contribution in [0.3, 0.4) is 0 Å². The van der Waals surface area contributed by atoms with Gasteiger partial charge in [0.05, 0.1) is 6.61 Å². The predicted octanol–water partition coefficient (Wildman–Crippen LogP) is -0.642. The van der Waals surface area contributed by atoms with E-state index in [1.54, 1.807) is 6.92 Å². The summed E-state index contributed by atoms with van der Waals surface area (Å²) >= 11 is 0. The lowest BCUT2D eigenvalue weighted by molar-refractivity contribution is -0.143. The molecular formula is C10H14N2O6. The second-order valence-electron chi connectivity index (χ2n) is 3.13. The number of nitrogens with one attached hydrogen (secondary N) is 1. The maximum absolute atomic E-state index is 11.3. The van der Waals surface area contributed by atoms with Crippen molar-refractivity contribution in [2.45, 2.75) is 6.92 Å². The summed E-state index contributed by atoms with van der Waals surface area (Å²) < 4.78 is 4.61. The van der Waals surface area contributed by atoms with Crippen LogP contribution in [0.2, 0.25) is 0 Å². The molecule has 0 aromatic rings. The summed E-state index contributed by atoms with van der Waals surface area (Å²) in [6.45, 7) is 1.50. The van der Waals surface area contributed by atoms with Crippen LogP contribution in [-0.2, 0) is 19.1 Å². The molecule has 0 aromatic heterocycles. The number of likely N-dealkylation sites (N-methyl/N-ethyl adjacent to an activating group) is 1. The van der Waals surface area contributed by atoms with Gasteiger partial charge in [-0.2, -0.15) is 0 Å². The molecule has 0 radical (unpaired) electrons. The van der Waals surface area contributed by atoms with Crippen LogP contribution in [0.15, 0.2) is 12.2 Å². The Morgan fingerprint density at radius 3 is 2.39 bits per heavy atom. The Labute approximate surface area is 103 Å². The highest BCUT2D eigenvalue weighted by molar-refractivity contribution is 6.02. The van der Waals surface area contributed by atoms with Crippen LogP contribution in [0.5, 0.6) is 0 Å². The first-order chi connectivity index (χ1) is 8.36. The number of carbonyl (C=O) groups excluding carboxylic acids is 3. The number of hydrogen-bond acceptors (Lipinski definition) is 5. The average molecular weight is 258 g/mol. The first kappa shape index (κ1) is 15.6. The molecular weight excluding hydrogens is 244 g/mol. The number of amides is 3. The van der Waals surface area contributed by atoms with Crippen molar-refractivity contribution in [2.75, 3.05) is 20.2 Å². The standard InChI is InChI=1S/C10H14N2O6/c1-3-18-9(16)6-12(2)10(17)11-7(13)4-5-8(14)15/h4-5H,3,6H2,1-2H3,(H,14,15)(H,11,13,17). The molecule has 0 aliphatic rings. The van der Waals surface area contributed by atoms with Gasteiger partial charge >= 0.3 is 18.0 Å². The Balaban J connectivity index is 4.19. The minimum Gasteiger partial charge on any atom is -0.478 e. The Morgan fingerprint density at radius 2 is 1.89 bits per heavy atom. The van der Waals surface area contributed by atoms with E-state index >= 15 is 0 Å². The molecule has 18 heavy (non-hydrogen) atoms. The normalized spacial score (nSPS) is 9.89. The van der Waals surface area contributed by atoms with E-state index in [4.69, 9.17) is 5.11 Å². The van der Waals surface area contributed by atoms with Crippen LogP contribution < -0.4 is 5.32 Å². The Kier molecular flexibility index (Phi) is 6.79. The molecule has 0 saturated carbocycles. The number of carboxylic acid groups (broad SMARTS) is 1. The smallest absolute Gasteiger partial charge is 0.328 e. The highest BCUT2D eigenvalue weighted by Crippen LogP contribution is 1.88. The zero-order valence-electron chi connectivity index (χ0n) is 10.0. The third kappa shape index (κ3) is 6.99. The Hall–Kier alpha value is -2.38. The molecule has 0 saturated heterocycles. The molecule has 0 rings (SSSR count). The molecule has 0 spiro atoms. The van der Waals surface area contributed by atoms with Crippen molar-refractivity contribution in [1.29, 1.82) is 0 Å². The number of urea groups is 1. The van der Waals surface area contributed by atoms with E-state index in [0.717, 1.165) is 4.90 Å². The summed E-state index contributed by atoms with van der Waals surface area (Å²) in [5.74, 6) is -2.81. The largest absolute Gasteiger partial charge is 0.478 e. The van der Waals surface area contributed by atoms with Gasteiger partial charge in [-0.1, -0.05) is 0 Å². The number of carboxylic acids is 1. The zero-order valence-corrected chi connectivity index (χ0v) is 10.0. The van der Waals surface area contributed by atoms with Crippen molar-refractivity contribution < 1.29 is 29.0 Å². The van der Waals surface area contributed by atoms with Gasteiger partial charge in [-0.3, -0.25) is 14.9 Å². The number of imide groups is 1. The molecule has 100 valence electrons. The molecule has 0 heterocycles. The minimum absolute atomic E-state index is 0.189. The summed E-state index contributed by atoms with van der Waals surface area (Å²) in [7, 11) is 1.29. The van der Waals surface area contributed by atoms with Crippen molar-refractivity contribution in [1.82, 2.24) is 10.2 Å². The number of rotatable bonds is 5. The van der Waals surface area contributed by atoms with Crippen LogP contribution in [0, 0.1) is 0 Å². The molecule has 8 nitrogen and oxygen atoms in total. The van der Waals surface area contributed by atoms with Crippen LogP contribution in [0.25, 0.3) is 0 Å². The zero-order chi connectivity index (χ0) is 14.1. The first-order valence-electron chi connectivity index (χ1n) is 4.99. The molecule has 0 bridgehead atoms. The van der Waals surface area contributed by atoms with Gasteiger partial charge in [-0.15, -0.1) is 0 Å². The van der Waals surface area contributed by atoms with Crippen LogP contribution in [-0.4, -0.2) is 54.1 Å². The van der Waals surface area contributed by atoms with E-state index < -0.39 is 23.9 Å². The number of nitrogens with zero attached hydrogens (tertiary/aromatic N) is 1. The molecule has 8 heteroatoms. The Morgan fingerprint density at radius 1 is 1.28 bits per heavy atom. The first-order valence-corrected chi connectivity index (χ1v) is 4.99. The number of carbonyl (C=O) groups is 4. The van der Waals surface area contributed by atoms with E-state index in [0.29, 0.717) is 12.2 Å². The topological polar surface area (TPSA) is 113 Å². The third-order valence-corrected chi connectivity index (χ3v) is 1.63. The summed E-state index contributed by atoms with van der Waals surface area (Å²) in [6.07, 6.45) is 1.28. The van der Waals surface area contributed by atoms with Gasteiger partial charge in [-0.05, 0) is 6.92 Å². The van der Waals surface area contributed by atoms with Gasteiger partial charge in [0, 0.05) is 19.2 Å². The van der Waals surface area contributed by atoms with Crippen LogP contribution in [0.1, 0.15) is 6.92 Å². The molecule has 0 aromatic carbocycles. The third-order valence-electron chi connectivity index (χ3n) is 1.63. The second-order valence-corrected chi connectivity index (χ2v) is 3.13. The summed E-state index contributed by atoms with van der Waals surface area (Å²) in [6, 6.07) is -0.830. The summed E-state index contributed by atoms with van der Waals surface area (Å²) in [5, 5.41) is 10.1. The fraction of sp³-hybridized carbons (Fsp3) is 0.400. The number of esters is 1. The lowest BCUT2D eigenvalue weighted by atomic mass is 10.4. The quantitative estimate of drug-likeness (QED) is 0.501. The molecule has 2 N–H and O–H groups in total. The van der Waals surface area contributed by atoms with Gasteiger partial charge in [0.15, 0.2) is 0 Å². The van der Waals surface area contributed by atoms with Crippen LogP contribution in [0.4, 0.5) is 4.79 Å². The molecule has 0 unspecified atom stereocenters. The molecule has 0 atom stereocenters. The number of ether oxygens (including phenoxy) is 1. The van der Waals surface area contributed by atoms with Crippen molar-refractivity contribution in [3.05, 3.63) is 12.2 Å². The van der Waals surface area contributed by atoms with Crippen molar-refractivity contribution >= 4 is 23.9 Å². The highest BCUT2D eigenvalue weighted by Gasteiger charge is 2.14. The van der Waals surface area contributed by atoms with E-state index in [2.05, 4.69) is 4.74 Å². The van der Waals surface area contributed by atoms with E-state index in [-0.39, 0.29) is 13.2 Å². The highest BCUT2D eigenvalue weighted by atomic mass is 16.5. The monoisotopic (exact) mass is 258 g/mol. The van der Waals surface area contributed by atoms with Crippen molar-refractivity contribution in [3.8, 4) is 0 Å². The van der Waals surface area contributed by atoms with E-state index in [1.807, 2.05) is 5.32 Å². The molecule has 0 fully saturated rings. The maximum Gasteiger partial charge on any atom is 0.328 e. The van der Waals surface area contributed by atoms with E-state index in [1.165, 1.54) is 7.05 Å². The Bertz CT molecular complexity index is 377. The van der Waals surface area contributed by atoms with Crippen molar-refractivity contribution in [2.24, 2.45) is 0 Å². The van der Waals surface area contributed by atoms with Gasteiger partial charge in [0.1, 0.15) is 6.54 Å². The molecule has 0 aliphatic carbocycles. The van der Waals surface area contributed by atoms with E-state index in [9.17, 15) is 19.2 Å². The molecule has 3 amide bonds. The fourth-order valence-corrected chi connectivity index (χ4v) is 0.862. The van der Waals surface area contributed by atoms with Crippen molar-refractivity contribution in [3.63, 3.8) is 0 Å². The lowest BCUT2D eigenvalue weighted by Crippen LogP contribution is -2.42. The van der Waals surface area contributed by atoms with Gasteiger partial charge in [0.2, 0.25) is 0 Å². The lowest BCUT2D eigenvalue weighted by Gasteiger charge is -2.15. The SMILES string of the molecule is CCOC(=O)CN(C)C(=O)NC(=O)C=CC(=O)O. The van der Waals surface area contributed by atoms with Gasteiger partial charge in [0.25, 0.3) is 5.91 Å². The van der Waals surface area contributed by atoms with Gasteiger partial charge < -0.3 is 14.7 Å². The maximum atomic E-state index is 11.3. The van der Waals surface area contributed by atoms with Crippen LogP contribution >= 0.6 is 0 Å². The second kappa shape index (κ2) is 7.82. The van der Waals surface area contributed by atoms with Gasteiger partial charge in [-0.25, -0.2) is 9.59 Å². The number of hydrogen-bond donors (Lipinski definition) is 2.